The molecule has 0 spiro atoms. The molecule has 1 rings (SSSR count). The van der Waals surface area contributed by atoms with Crippen molar-refractivity contribution in [1.29, 1.82) is 0 Å². The highest BCUT2D eigenvalue weighted by atomic mass is 19.4. The summed E-state index contributed by atoms with van der Waals surface area (Å²) in [5, 5.41) is 3.05. The molecule has 7 heteroatoms. The lowest BCUT2D eigenvalue weighted by atomic mass is 10.1. The molecule has 0 aromatic heterocycles. The van der Waals surface area contributed by atoms with E-state index in [0.29, 0.717) is 25.3 Å². The van der Waals surface area contributed by atoms with Crippen LogP contribution < -0.4 is 10.2 Å². The Morgan fingerprint density at radius 2 is 2.00 bits per heavy atom. The van der Waals surface area contributed by atoms with Crippen LogP contribution in [0.2, 0.25) is 0 Å². The fourth-order valence-electron chi connectivity index (χ4n) is 1.91. The zero-order valence-electron chi connectivity index (χ0n) is 12.1. The Hall–Kier alpha value is -1.34. The Morgan fingerprint density at radius 3 is 2.52 bits per heavy atom. The molecular weight excluding hydrogens is 288 g/mol. The third-order valence-corrected chi connectivity index (χ3v) is 2.92. The van der Waals surface area contributed by atoms with Gasteiger partial charge in [0.2, 0.25) is 0 Å². The average Bonchev–Trinajstić information content (AvgIpc) is 2.40. The first-order valence-corrected chi connectivity index (χ1v) is 6.67. The Balaban J connectivity index is 2.72. The number of benzene rings is 1. The second-order valence-corrected chi connectivity index (χ2v) is 4.58. The number of ether oxygens (including phenoxy) is 1. The van der Waals surface area contributed by atoms with Crippen LogP contribution in [0, 0.1) is 5.82 Å². The molecule has 0 saturated carbocycles. The minimum absolute atomic E-state index is 0.0320. The molecule has 0 atom stereocenters. The maximum absolute atomic E-state index is 14.0. The molecule has 0 saturated heterocycles. The van der Waals surface area contributed by atoms with Gasteiger partial charge in [0.15, 0.2) is 0 Å². The van der Waals surface area contributed by atoms with Gasteiger partial charge in [-0.1, -0.05) is 6.07 Å². The third kappa shape index (κ3) is 6.31. The van der Waals surface area contributed by atoms with Crippen LogP contribution in [0.25, 0.3) is 0 Å². The molecule has 3 nitrogen and oxygen atoms in total. The van der Waals surface area contributed by atoms with E-state index < -0.39 is 18.5 Å². The predicted molar refractivity (Wildman–Crippen MR) is 73.9 cm³/mol. The van der Waals surface area contributed by atoms with Crippen LogP contribution >= 0.6 is 0 Å². The predicted octanol–water partition coefficient (Wildman–Crippen LogP) is 2.95. The molecule has 0 aliphatic carbocycles. The number of rotatable bonds is 8. The van der Waals surface area contributed by atoms with Gasteiger partial charge in [0.1, 0.15) is 12.4 Å². The van der Waals surface area contributed by atoms with Crippen molar-refractivity contribution >= 4 is 5.69 Å². The van der Waals surface area contributed by atoms with Crippen molar-refractivity contribution in [2.75, 3.05) is 38.3 Å². The molecule has 0 amide bonds. The molecule has 120 valence electrons. The van der Waals surface area contributed by atoms with Crippen LogP contribution in [-0.2, 0) is 11.3 Å². The van der Waals surface area contributed by atoms with Crippen molar-refractivity contribution < 1.29 is 22.3 Å². The van der Waals surface area contributed by atoms with Gasteiger partial charge in [0, 0.05) is 26.7 Å². The number of nitrogens with one attached hydrogen (secondary N) is 1. The van der Waals surface area contributed by atoms with Crippen LogP contribution in [0.3, 0.4) is 0 Å². The molecule has 0 fully saturated rings. The molecule has 0 bridgehead atoms. The van der Waals surface area contributed by atoms with Crippen molar-refractivity contribution in [3.63, 3.8) is 0 Å². The van der Waals surface area contributed by atoms with Gasteiger partial charge >= 0.3 is 6.18 Å². The summed E-state index contributed by atoms with van der Waals surface area (Å²) in [4.78, 5) is 0.970. The summed E-state index contributed by atoms with van der Waals surface area (Å²) in [6, 6.07) is 4.27. The normalized spacial score (nSPS) is 11.7. The second kappa shape index (κ2) is 8.19. The number of anilines is 1. The van der Waals surface area contributed by atoms with Crippen molar-refractivity contribution in [3.05, 3.63) is 29.6 Å². The molecule has 0 aliphatic heterocycles. The quantitative estimate of drug-likeness (QED) is 0.590. The first-order chi connectivity index (χ1) is 9.87. The number of hydrogen-bond acceptors (Lipinski definition) is 3. The van der Waals surface area contributed by atoms with Crippen LogP contribution in [0.4, 0.5) is 23.2 Å². The number of alkyl halides is 3. The maximum atomic E-state index is 14.0. The number of hydrogen-bond donors (Lipinski definition) is 1. The Labute approximate surface area is 121 Å². The van der Waals surface area contributed by atoms with Gasteiger partial charge in [-0.15, -0.1) is 0 Å². The van der Waals surface area contributed by atoms with Crippen molar-refractivity contribution in [1.82, 2.24) is 5.32 Å². The maximum Gasteiger partial charge on any atom is 0.405 e. The van der Waals surface area contributed by atoms with E-state index in [4.69, 9.17) is 4.74 Å². The van der Waals surface area contributed by atoms with Gasteiger partial charge in [-0.3, -0.25) is 0 Å². The van der Waals surface area contributed by atoms with E-state index in [1.165, 1.54) is 12.1 Å². The Morgan fingerprint density at radius 1 is 1.29 bits per heavy atom. The summed E-state index contributed by atoms with van der Waals surface area (Å²) in [5.41, 5.74) is 0.644. The highest BCUT2D eigenvalue weighted by molar-refractivity contribution is 5.49. The van der Waals surface area contributed by atoms with Crippen LogP contribution in [0.5, 0.6) is 0 Å². The van der Waals surface area contributed by atoms with Crippen LogP contribution in [0.15, 0.2) is 18.2 Å². The van der Waals surface area contributed by atoms with E-state index in [1.807, 2.05) is 0 Å². The van der Waals surface area contributed by atoms with Gasteiger partial charge in [-0.25, -0.2) is 4.39 Å². The van der Waals surface area contributed by atoms with E-state index in [-0.39, 0.29) is 12.2 Å². The molecule has 0 radical (unpaired) electrons. The molecule has 21 heavy (non-hydrogen) atoms. The van der Waals surface area contributed by atoms with E-state index in [1.54, 1.807) is 20.1 Å². The highest BCUT2D eigenvalue weighted by Crippen LogP contribution is 2.25. The number of methoxy groups -OCH3 is 1. The summed E-state index contributed by atoms with van der Waals surface area (Å²) in [7, 11) is 1.58. The largest absolute Gasteiger partial charge is 0.405 e. The molecule has 0 heterocycles. The summed E-state index contributed by atoms with van der Waals surface area (Å²) in [5.74, 6) is -0.646. The second-order valence-electron chi connectivity index (χ2n) is 4.58. The minimum Gasteiger partial charge on any atom is -0.383 e. The van der Waals surface area contributed by atoms with Gasteiger partial charge < -0.3 is 15.0 Å². The van der Waals surface area contributed by atoms with Gasteiger partial charge in [-0.05, 0) is 24.6 Å². The van der Waals surface area contributed by atoms with Gasteiger partial charge in [0.25, 0.3) is 0 Å². The van der Waals surface area contributed by atoms with Crippen LogP contribution in [-0.4, -0.2) is 39.5 Å². The van der Waals surface area contributed by atoms with Crippen molar-refractivity contribution in [2.45, 2.75) is 19.6 Å². The molecule has 0 aliphatic rings. The highest BCUT2D eigenvalue weighted by Gasteiger charge is 2.31. The fraction of sp³-hybridized carbons (Fsp3) is 0.571. The van der Waals surface area contributed by atoms with E-state index in [9.17, 15) is 17.6 Å². The molecule has 1 aromatic carbocycles. The third-order valence-electron chi connectivity index (χ3n) is 2.92. The lowest BCUT2D eigenvalue weighted by molar-refractivity contribution is -0.119. The lowest BCUT2D eigenvalue weighted by Gasteiger charge is -2.25. The molecule has 1 aromatic rings. The fourth-order valence-corrected chi connectivity index (χ4v) is 1.91. The smallest absolute Gasteiger partial charge is 0.383 e. The van der Waals surface area contributed by atoms with E-state index in [2.05, 4.69) is 5.32 Å². The lowest BCUT2D eigenvalue weighted by Crippen LogP contribution is -2.34. The van der Waals surface area contributed by atoms with E-state index >= 15 is 0 Å². The van der Waals surface area contributed by atoms with Gasteiger partial charge in [0.05, 0.1) is 12.3 Å². The van der Waals surface area contributed by atoms with Gasteiger partial charge in [-0.2, -0.15) is 13.2 Å². The summed E-state index contributed by atoms with van der Waals surface area (Å²) < 4.78 is 56.2. The minimum atomic E-state index is -4.36. The zero-order valence-corrected chi connectivity index (χ0v) is 12.1. The topological polar surface area (TPSA) is 24.5 Å². The van der Waals surface area contributed by atoms with E-state index in [0.717, 1.165) is 4.90 Å². The average molecular weight is 308 g/mol. The summed E-state index contributed by atoms with van der Waals surface area (Å²) >= 11 is 0. The number of halogens is 4. The van der Waals surface area contributed by atoms with Crippen molar-refractivity contribution in [3.8, 4) is 0 Å². The summed E-state index contributed by atoms with van der Waals surface area (Å²) in [6.45, 7) is 2.08. The monoisotopic (exact) mass is 308 g/mol. The molecule has 0 unspecified atom stereocenters. The molecule has 1 N–H and O–H groups in total. The number of nitrogens with zero attached hydrogens (tertiary/aromatic N) is 1. The standard InChI is InChI=1S/C14H20F4N2O/c1-3-20(10-14(16,17)18)13-5-4-11(8-12(13)15)9-19-6-7-21-2/h4-5,8,19H,3,6-7,9-10H2,1-2H3. The first kappa shape index (κ1) is 17.7. The first-order valence-electron chi connectivity index (χ1n) is 6.67. The Bertz CT molecular complexity index is 437. The SMILES string of the molecule is CCN(CC(F)(F)F)c1ccc(CNCCOC)cc1F. The summed E-state index contributed by atoms with van der Waals surface area (Å²) in [6.07, 6.45) is -4.36. The van der Waals surface area contributed by atoms with Crippen LogP contribution in [0.1, 0.15) is 12.5 Å². The zero-order chi connectivity index (χ0) is 15.9. The molecular formula is C14H20F4N2O. The Kier molecular flexibility index (Phi) is 6.91. The van der Waals surface area contributed by atoms with Crippen molar-refractivity contribution in [2.24, 2.45) is 0 Å².